The summed E-state index contributed by atoms with van der Waals surface area (Å²) in [5, 5.41) is 15.8. The normalized spacial score (nSPS) is 17.1. The van der Waals surface area contributed by atoms with Gasteiger partial charge in [0, 0.05) is 30.3 Å². The minimum atomic E-state index is -0.793. The van der Waals surface area contributed by atoms with E-state index in [2.05, 4.69) is 10.2 Å². The van der Waals surface area contributed by atoms with Crippen LogP contribution >= 0.6 is 0 Å². The van der Waals surface area contributed by atoms with Gasteiger partial charge in [0.1, 0.15) is 0 Å². The van der Waals surface area contributed by atoms with E-state index in [1.54, 1.807) is 11.8 Å². The largest absolute Gasteiger partial charge is 0.481 e. The molecule has 6 heteroatoms. The molecule has 104 valence electrons. The summed E-state index contributed by atoms with van der Waals surface area (Å²) in [4.78, 5) is 24.6. The van der Waals surface area contributed by atoms with Gasteiger partial charge < -0.3 is 10.0 Å². The molecule has 1 atom stereocenters. The topological polar surface area (TPSA) is 86.3 Å². The first-order valence-electron chi connectivity index (χ1n) is 6.41. The van der Waals surface area contributed by atoms with Gasteiger partial charge in [-0.15, -0.1) is 0 Å². The first-order chi connectivity index (χ1) is 8.90. The molecular formula is C13H19N3O3. The van der Waals surface area contributed by atoms with Gasteiger partial charge in [-0.25, -0.2) is 0 Å². The highest BCUT2D eigenvalue weighted by atomic mass is 16.4. The monoisotopic (exact) mass is 265 g/mol. The van der Waals surface area contributed by atoms with Gasteiger partial charge in [0.25, 0.3) is 0 Å². The number of nitrogens with one attached hydrogen (secondary N) is 1. The molecule has 6 nitrogen and oxygen atoms in total. The van der Waals surface area contributed by atoms with Crippen LogP contribution < -0.4 is 0 Å². The number of hydrogen-bond acceptors (Lipinski definition) is 3. The molecule has 1 aromatic heterocycles. The number of aromatic amines is 1. The molecule has 2 heterocycles. The average Bonchev–Trinajstić information content (AvgIpc) is 2.58. The summed E-state index contributed by atoms with van der Waals surface area (Å²) in [6.45, 7) is 6.55. The molecule has 1 unspecified atom stereocenters. The molecular weight excluding hydrogens is 246 g/mol. The molecule has 0 radical (unpaired) electrons. The predicted molar refractivity (Wildman–Crippen MR) is 68.6 cm³/mol. The van der Waals surface area contributed by atoms with Crippen LogP contribution in [0.4, 0.5) is 0 Å². The van der Waals surface area contributed by atoms with Crippen LogP contribution in [0, 0.1) is 25.7 Å². The van der Waals surface area contributed by atoms with Gasteiger partial charge in [-0.05, 0) is 13.8 Å². The number of carbonyl (C=O) groups is 2. The highest BCUT2D eigenvalue weighted by molar-refractivity contribution is 5.80. The van der Waals surface area contributed by atoms with Crippen molar-refractivity contribution in [2.45, 2.75) is 27.2 Å². The first kappa shape index (κ1) is 13.6. The van der Waals surface area contributed by atoms with E-state index in [1.165, 1.54) is 0 Å². The first-order valence-corrected chi connectivity index (χ1v) is 6.41. The van der Waals surface area contributed by atoms with Crippen LogP contribution in [0.25, 0.3) is 0 Å². The van der Waals surface area contributed by atoms with Gasteiger partial charge in [-0.2, -0.15) is 5.10 Å². The summed E-state index contributed by atoms with van der Waals surface area (Å²) in [6.07, 6.45) is 0.336. The number of H-pyrrole nitrogens is 1. The SMILES string of the molecule is Cc1n[nH]c(C)c1CC(=O)N1CC(C(C)C(=O)O)C1. The number of rotatable bonds is 4. The Balaban J connectivity index is 1.89. The smallest absolute Gasteiger partial charge is 0.306 e. The van der Waals surface area contributed by atoms with Gasteiger partial charge in [0.15, 0.2) is 0 Å². The molecule has 1 amide bonds. The van der Waals surface area contributed by atoms with Crippen LogP contribution in [0.3, 0.4) is 0 Å². The molecule has 0 spiro atoms. The molecule has 19 heavy (non-hydrogen) atoms. The standard InChI is InChI=1S/C13H19N3O3/c1-7(13(18)19)10-5-16(6-10)12(17)4-11-8(2)14-15-9(11)3/h7,10H,4-6H2,1-3H3,(H,14,15)(H,18,19). The summed E-state index contributed by atoms with van der Waals surface area (Å²) >= 11 is 0. The van der Waals surface area contributed by atoms with Crippen molar-refractivity contribution < 1.29 is 14.7 Å². The summed E-state index contributed by atoms with van der Waals surface area (Å²) < 4.78 is 0. The summed E-state index contributed by atoms with van der Waals surface area (Å²) in [6, 6.07) is 0. The molecule has 2 N–H and O–H groups in total. The van der Waals surface area contributed by atoms with Crippen molar-refractivity contribution in [3.63, 3.8) is 0 Å². The Bertz CT molecular complexity index is 484. The van der Waals surface area contributed by atoms with Crippen molar-refractivity contribution in [2.75, 3.05) is 13.1 Å². The molecule has 0 aromatic carbocycles. The van der Waals surface area contributed by atoms with Gasteiger partial charge in [-0.1, -0.05) is 6.92 Å². The van der Waals surface area contributed by atoms with E-state index in [4.69, 9.17) is 5.11 Å². The quantitative estimate of drug-likeness (QED) is 0.841. The summed E-state index contributed by atoms with van der Waals surface area (Å²) in [5.41, 5.74) is 2.71. The Labute approximate surface area is 111 Å². The second-order valence-corrected chi connectivity index (χ2v) is 5.28. The lowest BCUT2D eigenvalue weighted by Gasteiger charge is -2.41. The number of carboxylic acids is 1. The third-order valence-corrected chi connectivity index (χ3v) is 3.97. The maximum absolute atomic E-state index is 12.1. The van der Waals surface area contributed by atoms with Crippen molar-refractivity contribution in [1.29, 1.82) is 0 Å². The number of likely N-dealkylation sites (tertiary alicyclic amines) is 1. The average molecular weight is 265 g/mol. The third-order valence-electron chi connectivity index (χ3n) is 3.97. The molecule has 1 aromatic rings. The fraction of sp³-hybridized carbons (Fsp3) is 0.615. The number of carbonyl (C=O) groups excluding carboxylic acids is 1. The molecule has 0 aliphatic carbocycles. The van der Waals surface area contributed by atoms with E-state index < -0.39 is 5.97 Å². The number of hydrogen-bond donors (Lipinski definition) is 2. The Morgan fingerprint density at radius 3 is 2.58 bits per heavy atom. The van der Waals surface area contributed by atoms with E-state index in [-0.39, 0.29) is 17.7 Å². The van der Waals surface area contributed by atoms with E-state index in [0.29, 0.717) is 19.5 Å². The van der Waals surface area contributed by atoms with Crippen LogP contribution in [0.2, 0.25) is 0 Å². The Kier molecular flexibility index (Phi) is 3.59. The molecule has 0 bridgehead atoms. The number of amides is 1. The van der Waals surface area contributed by atoms with E-state index in [1.807, 2.05) is 13.8 Å². The number of aromatic nitrogens is 2. The van der Waals surface area contributed by atoms with Gasteiger partial charge in [-0.3, -0.25) is 14.7 Å². The molecule has 1 saturated heterocycles. The Morgan fingerprint density at radius 1 is 1.47 bits per heavy atom. The van der Waals surface area contributed by atoms with Crippen molar-refractivity contribution >= 4 is 11.9 Å². The zero-order valence-corrected chi connectivity index (χ0v) is 11.4. The van der Waals surface area contributed by atoms with Crippen LogP contribution in [0.15, 0.2) is 0 Å². The van der Waals surface area contributed by atoms with Gasteiger partial charge in [0.05, 0.1) is 18.0 Å². The van der Waals surface area contributed by atoms with Crippen LogP contribution in [-0.4, -0.2) is 45.2 Å². The summed E-state index contributed by atoms with van der Waals surface area (Å²) in [7, 11) is 0. The van der Waals surface area contributed by atoms with Crippen LogP contribution in [-0.2, 0) is 16.0 Å². The zero-order chi connectivity index (χ0) is 14.2. The number of aryl methyl sites for hydroxylation is 2. The molecule has 0 saturated carbocycles. The lowest BCUT2D eigenvalue weighted by Crippen LogP contribution is -2.54. The number of carboxylic acid groups (broad SMARTS) is 1. The minimum Gasteiger partial charge on any atom is -0.481 e. The fourth-order valence-electron chi connectivity index (χ4n) is 2.33. The predicted octanol–water partition coefficient (Wildman–Crippen LogP) is 0.748. The van der Waals surface area contributed by atoms with Crippen molar-refractivity contribution in [3.05, 3.63) is 17.0 Å². The van der Waals surface area contributed by atoms with Crippen molar-refractivity contribution in [3.8, 4) is 0 Å². The number of aliphatic carboxylic acids is 1. The Morgan fingerprint density at radius 2 is 2.11 bits per heavy atom. The second-order valence-electron chi connectivity index (χ2n) is 5.28. The summed E-state index contributed by atoms with van der Waals surface area (Å²) in [5.74, 6) is -1.06. The van der Waals surface area contributed by atoms with E-state index in [0.717, 1.165) is 17.0 Å². The fourth-order valence-corrected chi connectivity index (χ4v) is 2.33. The highest BCUT2D eigenvalue weighted by Crippen LogP contribution is 2.25. The van der Waals surface area contributed by atoms with E-state index in [9.17, 15) is 9.59 Å². The van der Waals surface area contributed by atoms with Crippen molar-refractivity contribution in [2.24, 2.45) is 11.8 Å². The van der Waals surface area contributed by atoms with Gasteiger partial charge in [0.2, 0.25) is 5.91 Å². The lowest BCUT2D eigenvalue weighted by molar-refractivity contribution is -0.150. The number of nitrogens with zero attached hydrogens (tertiary/aromatic N) is 2. The van der Waals surface area contributed by atoms with Gasteiger partial charge >= 0.3 is 5.97 Å². The molecule has 1 aliphatic rings. The Hall–Kier alpha value is -1.85. The molecule has 2 rings (SSSR count). The van der Waals surface area contributed by atoms with Crippen LogP contribution in [0.1, 0.15) is 23.9 Å². The highest BCUT2D eigenvalue weighted by Gasteiger charge is 2.37. The molecule has 1 fully saturated rings. The lowest BCUT2D eigenvalue weighted by atomic mass is 9.86. The van der Waals surface area contributed by atoms with Crippen LogP contribution in [0.5, 0.6) is 0 Å². The van der Waals surface area contributed by atoms with E-state index >= 15 is 0 Å². The maximum Gasteiger partial charge on any atom is 0.306 e. The second kappa shape index (κ2) is 5.03. The molecule has 1 aliphatic heterocycles. The maximum atomic E-state index is 12.1. The van der Waals surface area contributed by atoms with Crippen molar-refractivity contribution in [1.82, 2.24) is 15.1 Å². The minimum absolute atomic E-state index is 0.0430. The third kappa shape index (κ3) is 2.62. The zero-order valence-electron chi connectivity index (χ0n) is 11.4.